The normalized spacial score (nSPS) is 29.7. The Bertz CT molecular complexity index is 884. The Morgan fingerprint density at radius 1 is 1.06 bits per heavy atom. The maximum Gasteiger partial charge on any atom is 0.255 e. The van der Waals surface area contributed by atoms with E-state index in [9.17, 15) is 10.1 Å². The number of nitrogens with zero attached hydrogens (tertiary/aromatic N) is 4. The first-order valence-electron chi connectivity index (χ1n) is 12.6. The van der Waals surface area contributed by atoms with E-state index in [2.05, 4.69) is 39.5 Å². The lowest BCUT2D eigenvalue weighted by atomic mass is 9.81. The Balaban J connectivity index is 1.29. The summed E-state index contributed by atoms with van der Waals surface area (Å²) in [5, 5.41) is 9.37. The standard InChI is InChI=1S/C26H38N4O/c1-26(19-27)10-12-28(13-11-26)17-21-8-9-24-22-14-20(16-30(24)25(21)31)15-29(18-22)23-6-4-2-3-5-7-23/h8-9,20,22-23H,2-7,10-18H2,1H3/t20-,22+/m0/s1. The zero-order valence-corrected chi connectivity index (χ0v) is 19.2. The minimum absolute atomic E-state index is 0.192. The summed E-state index contributed by atoms with van der Waals surface area (Å²) in [7, 11) is 0. The smallest absolute Gasteiger partial charge is 0.255 e. The van der Waals surface area contributed by atoms with Crippen LogP contribution in [0, 0.1) is 22.7 Å². The second-order valence-electron chi connectivity index (χ2n) is 11.0. The highest BCUT2D eigenvalue weighted by molar-refractivity contribution is 5.22. The average Bonchev–Trinajstić information content (AvgIpc) is 3.07. The molecule has 0 spiro atoms. The second kappa shape index (κ2) is 8.71. The van der Waals surface area contributed by atoms with E-state index in [1.54, 1.807) is 0 Å². The van der Waals surface area contributed by atoms with Crippen LogP contribution in [0.25, 0.3) is 0 Å². The fourth-order valence-electron chi connectivity index (χ4n) is 6.63. The summed E-state index contributed by atoms with van der Waals surface area (Å²) in [6.45, 7) is 7.82. The number of piperidine rings is 2. The first kappa shape index (κ1) is 21.2. The van der Waals surface area contributed by atoms with Gasteiger partial charge in [0.2, 0.25) is 0 Å². The van der Waals surface area contributed by atoms with Crippen molar-refractivity contribution >= 4 is 0 Å². The molecule has 168 valence electrons. The molecule has 5 heteroatoms. The Labute approximate surface area is 187 Å². The van der Waals surface area contributed by atoms with E-state index >= 15 is 0 Å². The molecule has 3 aliphatic heterocycles. The number of fused-ring (bicyclic) bond motifs is 4. The molecule has 0 amide bonds. The highest BCUT2D eigenvalue weighted by Gasteiger charge is 2.37. The lowest BCUT2D eigenvalue weighted by Crippen LogP contribution is -2.51. The van der Waals surface area contributed by atoms with Crippen molar-refractivity contribution in [2.45, 2.75) is 89.8 Å². The molecule has 1 aromatic rings. The Kier molecular flexibility index (Phi) is 5.96. The van der Waals surface area contributed by atoms with Crippen molar-refractivity contribution in [3.63, 3.8) is 0 Å². The van der Waals surface area contributed by atoms with Crippen molar-refractivity contribution in [1.82, 2.24) is 14.4 Å². The highest BCUT2D eigenvalue weighted by Crippen LogP contribution is 2.38. The van der Waals surface area contributed by atoms with Crippen LogP contribution in [0.4, 0.5) is 0 Å². The van der Waals surface area contributed by atoms with Crippen LogP contribution >= 0.6 is 0 Å². The van der Waals surface area contributed by atoms with Gasteiger partial charge in [-0.3, -0.25) is 14.6 Å². The molecule has 4 aliphatic rings. The van der Waals surface area contributed by atoms with Crippen molar-refractivity contribution in [3.8, 4) is 6.07 Å². The first-order valence-corrected chi connectivity index (χ1v) is 12.6. The largest absolute Gasteiger partial charge is 0.312 e. The first-order chi connectivity index (χ1) is 15.0. The number of rotatable bonds is 3. The van der Waals surface area contributed by atoms with Gasteiger partial charge in [0.05, 0.1) is 11.5 Å². The predicted octanol–water partition coefficient (Wildman–Crippen LogP) is 4.12. The number of aromatic nitrogens is 1. The van der Waals surface area contributed by atoms with Gasteiger partial charge in [-0.25, -0.2) is 0 Å². The van der Waals surface area contributed by atoms with Gasteiger partial charge in [-0.05, 0) is 64.1 Å². The molecule has 4 heterocycles. The van der Waals surface area contributed by atoms with Gasteiger partial charge in [0, 0.05) is 49.4 Å². The molecule has 0 N–H and O–H groups in total. The van der Waals surface area contributed by atoms with Crippen LogP contribution in [0.15, 0.2) is 16.9 Å². The Morgan fingerprint density at radius 3 is 2.52 bits per heavy atom. The third-order valence-corrected chi connectivity index (χ3v) is 8.68. The molecule has 1 aliphatic carbocycles. The van der Waals surface area contributed by atoms with Gasteiger partial charge >= 0.3 is 0 Å². The van der Waals surface area contributed by atoms with E-state index in [0.717, 1.165) is 57.2 Å². The summed E-state index contributed by atoms with van der Waals surface area (Å²) in [5.41, 5.74) is 2.26. The molecule has 3 fully saturated rings. The Morgan fingerprint density at radius 2 is 1.81 bits per heavy atom. The average molecular weight is 423 g/mol. The van der Waals surface area contributed by atoms with E-state index in [0.29, 0.717) is 11.8 Å². The Hall–Kier alpha value is -1.64. The molecule has 5 nitrogen and oxygen atoms in total. The molecule has 0 radical (unpaired) electrons. The van der Waals surface area contributed by atoms with Crippen molar-refractivity contribution < 1.29 is 0 Å². The van der Waals surface area contributed by atoms with Gasteiger partial charge < -0.3 is 4.57 Å². The van der Waals surface area contributed by atoms with Crippen LogP contribution in [0.3, 0.4) is 0 Å². The van der Waals surface area contributed by atoms with Crippen LogP contribution in [-0.2, 0) is 13.1 Å². The molecule has 31 heavy (non-hydrogen) atoms. The molecular formula is C26H38N4O. The number of hydrogen-bond acceptors (Lipinski definition) is 4. The number of pyridine rings is 1. The SMILES string of the molecule is CC1(C#N)CCN(Cc2ccc3n(c2=O)C[C@H]2C[C@@H]3CN(C3CCCCCC3)C2)CC1. The molecule has 1 aromatic heterocycles. The van der Waals surface area contributed by atoms with E-state index in [1.807, 2.05) is 0 Å². The maximum absolute atomic E-state index is 13.4. The van der Waals surface area contributed by atoms with E-state index in [1.165, 1.54) is 57.2 Å². The summed E-state index contributed by atoms with van der Waals surface area (Å²) >= 11 is 0. The van der Waals surface area contributed by atoms with E-state index < -0.39 is 0 Å². The summed E-state index contributed by atoms with van der Waals surface area (Å²) in [6.07, 6.45) is 11.4. The molecule has 0 aromatic carbocycles. The van der Waals surface area contributed by atoms with Crippen LogP contribution < -0.4 is 5.56 Å². The van der Waals surface area contributed by atoms with Crippen molar-refractivity contribution in [2.75, 3.05) is 26.2 Å². The lowest BCUT2D eigenvalue weighted by Gasteiger charge is -2.46. The zero-order chi connectivity index (χ0) is 21.4. The fraction of sp³-hybridized carbons (Fsp3) is 0.769. The van der Waals surface area contributed by atoms with Gasteiger partial charge in [0.25, 0.3) is 5.56 Å². The van der Waals surface area contributed by atoms with E-state index in [4.69, 9.17) is 0 Å². The second-order valence-corrected chi connectivity index (χ2v) is 11.0. The van der Waals surface area contributed by atoms with Gasteiger partial charge in [-0.1, -0.05) is 31.7 Å². The summed E-state index contributed by atoms with van der Waals surface area (Å²) in [4.78, 5) is 18.5. The van der Waals surface area contributed by atoms with Crippen LogP contribution in [0.1, 0.15) is 81.9 Å². The topological polar surface area (TPSA) is 52.3 Å². The van der Waals surface area contributed by atoms with Crippen molar-refractivity contribution in [2.24, 2.45) is 11.3 Å². The number of nitriles is 1. The third kappa shape index (κ3) is 4.34. The van der Waals surface area contributed by atoms with Crippen LogP contribution in [0.2, 0.25) is 0 Å². The summed E-state index contributed by atoms with van der Waals surface area (Å²) in [5.74, 6) is 1.14. The molecule has 2 saturated heterocycles. The number of hydrogen-bond donors (Lipinski definition) is 0. The minimum atomic E-state index is -0.192. The minimum Gasteiger partial charge on any atom is -0.312 e. The molecule has 2 bridgehead atoms. The number of likely N-dealkylation sites (tertiary alicyclic amines) is 2. The van der Waals surface area contributed by atoms with Crippen LogP contribution in [0.5, 0.6) is 0 Å². The fourth-order valence-corrected chi connectivity index (χ4v) is 6.63. The van der Waals surface area contributed by atoms with Crippen LogP contribution in [-0.4, -0.2) is 46.6 Å². The van der Waals surface area contributed by atoms with Gasteiger partial charge in [-0.2, -0.15) is 5.26 Å². The molecule has 5 rings (SSSR count). The van der Waals surface area contributed by atoms with Crippen molar-refractivity contribution in [1.29, 1.82) is 5.26 Å². The maximum atomic E-state index is 13.4. The highest BCUT2D eigenvalue weighted by atomic mass is 16.1. The predicted molar refractivity (Wildman–Crippen MR) is 123 cm³/mol. The van der Waals surface area contributed by atoms with Gasteiger partial charge in [0.1, 0.15) is 0 Å². The molecular weight excluding hydrogens is 384 g/mol. The monoisotopic (exact) mass is 422 g/mol. The third-order valence-electron chi connectivity index (χ3n) is 8.68. The summed E-state index contributed by atoms with van der Waals surface area (Å²) < 4.78 is 2.13. The van der Waals surface area contributed by atoms with Gasteiger partial charge in [0.15, 0.2) is 0 Å². The molecule has 2 atom stereocenters. The molecule has 0 unspecified atom stereocenters. The zero-order valence-electron chi connectivity index (χ0n) is 19.2. The quantitative estimate of drug-likeness (QED) is 0.688. The van der Waals surface area contributed by atoms with E-state index in [-0.39, 0.29) is 11.0 Å². The van der Waals surface area contributed by atoms with Gasteiger partial charge in [-0.15, -0.1) is 0 Å². The van der Waals surface area contributed by atoms with Crippen molar-refractivity contribution in [3.05, 3.63) is 33.7 Å². The lowest BCUT2D eigenvalue weighted by molar-refractivity contribution is 0.0742. The molecule has 1 saturated carbocycles. The summed E-state index contributed by atoms with van der Waals surface area (Å²) in [6, 6.07) is 7.61.